The van der Waals surface area contributed by atoms with Gasteiger partial charge in [0.15, 0.2) is 11.5 Å². The van der Waals surface area contributed by atoms with E-state index in [1.807, 2.05) is 48.5 Å². The highest BCUT2D eigenvalue weighted by Gasteiger charge is 2.11. The summed E-state index contributed by atoms with van der Waals surface area (Å²) in [7, 11) is 0. The fourth-order valence-electron chi connectivity index (χ4n) is 2.17. The van der Waals surface area contributed by atoms with Crippen molar-refractivity contribution in [1.29, 1.82) is 0 Å². The lowest BCUT2D eigenvalue weighted by Gasteiger charge is -2.11. The van der Waals surface area contributed by atoms with Crippen LogP contribution in [-0.2, 0) is 6.61 Å². The SMILES string of the molecule is Oc1cc(OCc2ccccc2)c2ccccc2c1O. The summed E-state index contributed by atoms with van der Waals surface area (Å²) >= 11 is 0. The number of phenolic OH excluding ortho intramolecular Hbond substituents is 2. The lowest BCUT2D eigenvalue weighted by Crippen LogP contribution is -1.95. The number of ether oxygens (including phenoxy) is 1. The van der Waals surface area contributed by atoms with Crippen LogP contribution in [0.3, 0.4) is 0 Å². The zero-order valence-electron chi connectivity index (χ0n) is 10.8. The maximum Gasteiger partial charge on any atom is 0.165 e. The molecule has 100 valence electrons. The van der Waals surface area contributed by atoms with Gasteiger partial charge in [0, 0.05) is 16.8 Å². The molecule has 0 radical (unpaired) electrons. The summed E-state index contributed by atoms with van der Waals surface area (Å²) in [4.78, 5) is 0. The van der Waals surface area contributed by atoms with Crippen LogP contribution in [0, 0.1) is 0 Å². The normalized spacial score (nSPS) is 10.6. The molecule has 0 aliphatic rings. The van der Waals surface area contributed by atoms with Gasteiger partial charge in [-0.3, -0.25) is 0 Å². The van der Waals surface area contributed by atoms with Gasteiger partial charge in [0.2, 0.25) is 0 Å². The fraction of sp³-hybridized carbons (Fsp3) is 0.0588. The van der Waals surface area contributed by atoms with E-state index >= 15 is 0 Å². The number of benzene rings is 3. The van der Waals surface area contributed by atoms with Crippen LogP contribution in [0.25, 0.3) is 10.8 Å². The van der Waals surface area contributed by atoms with Crippen molar-refractivity contribution in [2.75, 3.05) is 0 Å². The zero-order chi connectivity index (χ0) is 13.9. The van der Waals surface area contributed by atoms with Crippen molar-refractivity contribution in [2.24, 2.45) is 0 Å². The molecule has 0 saturated heterocycles. The highest BCUT2D eigenvalue weighted by molar-refractivity contribution is 5.95. The molecular formula is C17H14O3. The molecule has 0 spiro atoms. The second-order valence-corrected chi connectivity index (χ2v) is 4.56. The average molecular weight is 266 g/mol. The van der Waals surface area contributed by atoms with Gasteiger partial charge in [0.05, 0.1) is 0 Å². The van der Waals surface area contributed by atoms with Crippen molar-refractivity contribution in [3.8, 4) is 17.2 Å². The summed E-state index contributed by atoms with van der Waals surface area (Å²) in [6, 6.07) is 18.5. The number of rotatable bonds is 3. The number of hydrogen-bond donors (Lipinski definition) is 2. The Hall–Kier alpha value is -2.68. The van der Waals surface area contributed by atoms with E-state index in [1.54, 1.807) is 6.07 Å². The second-order valence-electron chi connectivity index (χ2n) is 4.56. The Labute approximate surface area is 116 Å². The highest BCUT2D eigenvalue weighted by Crippen LogP contribution is 2.39. The summed E-state index contributed by atoms with van der Waals surface area (Å²) in [5, 5.41) is 21.0. The Morgan fingerprint density at radius 2 is 1.45 bits per heavy atom. The molecule has 2 N–H and O–H groups in total. The van der Waals surface area contributed by atoms with Gasteiger partial charge >= 0.3 is 0 Å². The maximum atomic E-state index is 9.86. The zero-order valence-corrected chi connectivity index (χ0v) is 10.8. The molecule has 0 bridgehead atoms. The van der Waals surface area contributed by atoms with Crippen LogP contribution in [0.5, 0.6) is 17.2 Å². The minimum absolute atomic E-state index is 0.118. The van der Waals surface area contributed by atoms with Crippen molar-refractivity contribution in [3.63, 3.8) is 0 Å². The van der Waals surface area contributed by atoms with Gasteiger partial charge in [-0.15, -0.1) is 0 Å². The van der Waals surface area contributed by atoms with Gasteiger partial charge < -0.3 is 14.9 Å². The molecule has 3 aromatic rings. The average Bonchev–Trinajstić information content (AvgIpc) is 2.50. The molecule has 3 heteroatoms. The van der Waals surface area contributed by atoms with E-state index in [1.165, 1.54) is 6.07 Å². The van der Waals surface area contributed by atoms with Gasteiger partial charge in [-0.25, -0.2) is 0 Å². The van der Waals surface area contributed by atoms with Crippen molar-refractivity contribution in [2.45, 2.75) is 6.61 Å². The van der Waals surface area contributed by atoms with Gasteiger partial charge in [0.25, 0.3) is 0 Å². The first-order valence-electron chi connectivity index (χ1n) is 6.36. The molecule has 3 nitrogen and oxygen atoms in total. The van der Waals surface area contributed by atoms with Gasteiger partial charge in [-0.1, -0.05) is 54.6 Å². The Kier molecular flexibility index (Phi) is 3.17. The van der Waals surface area contributed by atoms with Gasteiger partial charge in [-0.05, 0) is 5.56 Å². The molecular weight excluding hydrogens is 252 g/mol. The van der Waals surface area contributed by atoms with Crippen molar-refractivity contribution in [1.82, 2.24) is 0 Å². The predicted molar refractivity (Wildman–Crippen MR) is 78.1 cm³/mol. The Bertz CT molecular complexity index is 736. The molecule has 0 unspecified atom stereocenters. The first-order valence-corrected chi connectivity index (χ1v) is 6.36. The largest absolute Gasteiger partial charge is 0.504 e. The Morgan fingerprint density at radius 3 is 2.20 bits per heavy atom. The van der Waals surface area contributed by atoms with E-state index < -0.39 is 0 Å². The molecule has 3 rings (SSSR count). The minimum atomic E-state index is -0.174. The molecule has 0 aliphatic heterocycles. The van der Waals surface area contributed by atoms with Crippen molar-refractivity contribution in [3.05, 3.63) is 66.2 Å². The van der Waals surface area contributed by atoms with Crippen LogP contribution in [-0.4, -0.2) is 10.2 Å². The highest BCUT2D eigenvalue weighted by atomic mass is 16.5. The number of hydrogen-bond acceptors (Lipinski definition) is 3. The Balaban J connectivity index is 1.97. The van der Waals surface area contributed by atoms with Crippen LogP contribution >= 0.6 is 0 Å². The van der Waals surface area contributed by atoms with Crippen LogP contribution in [0.1, 0.15) is 5.56 Å². The number of fused-ring (bicyclic) bond motifs is 1. The van der Waals surface area contributed by atoms with E-state index in [-0.39, 0.29) is 11.5 Å². The standard InChI is InChI=1S/C17H14O3/c18-15-10-16(20-11-12-6-2-1-3-7-12)13-8-4-5-9-14(13)17(15)19/h1-10,18-19H,11H2. The first kappa shape index (κ1) is 12.4. The lowest BCUT2D eigenvalue weighted by atomic mass is 10.1. The van der Waals surface area contributed by atoms with Crippen LogP contribution in [0.4, 0.5) is 0 Å². The van der Waals surface area contributed by atoms with Crippen LogP contribution < -0.4 is 4.74 Å². The maximum absolute atomic E-state index is 9.86. The van der Waals surface area contributed by atoms with Crippen LogP contribution in [0.15, 0.2) is 60.7 Å². The summed E-state index contributed by atoms with van der Waals surface area (Å²) in [6.45, 7) is 0.412. The molecule has 0 atom stereocenters. The summed E-state index contributed by atoms with van der Waals surface area (Å²) < 4.78 is 5.77. The molecule has 3 aromatic carbocycles. The third kappa shape index (κ3) is 2.26. The first-order chi connectivity index (χ1) is 9.75. The van der Waals surface area contributed by atoms with Crippen LogP contribution in [0.2, 0.25) is 0 Å². The fourth-order valence-corrected chi connectivity index (χ4v) is 2.17. The quantitative estimate of drug-likeness (QED) is 0.708. The minimum Gasteiger partial charge on any atom is -0.504 e. The van der Waals surface area contributed by atoms with E-state index in [9.17, 15) is 10.2 Å². The molecule has 20 heavy (non-hydrogen) atoms. The number of aromatic hydroxyl groups is 2. The molecule has 0 heterocycles. The van der Waals surface area contributed by atoms with Gasteiger partial charge in [0.1, 0.15) is 12.4 Å². The predicted octanol–water partition coefficient (Wildman–Crippen LogP) is 3.83. The van der Waals surface area contributed by atoms with E-state index in [0.29, 0.717) is 17.7 Å². The third-order valence-corrected chi connectivity index (χ3v) is 3.20. The molecule has 0 aliphatic carbocycles. The summed E-state index contributed by atoms with van der Waals surface area (Å²) in [5.41, 5.74) is 1.05. The molecule has 0 amide bonds. The van der Waals surface area contributed by atoms with Crippen molar-refractivity contribution < 1.29 is 14.9 Å². The molecule has 0 aromatic heterocycles. The summed E-state index contributed by atoms with van der Waals surface area (Å²) in [5.74, 6) is 0.263. The monoisotopic (exact) mass is 266 g/mol. The van der Waals surface area contributed by atoms with E-state index in [4.69, 9.17) is 4.74 Å². The molecule has 0 saturated carbocycles. The number of phenols is 2. The lowest BCUT2D eigenvalue weighted by molar-refractivity contribution is 0.307. The van der Waals surface area contributed by atoms with E-state index in [2.05, 4.69) is 0 Å². The van der Waals surface area contributed by atoms with Crippen molar-refractivity contribution >= 4 is 10.8 Å². The second kappa shape index (κ2) is 5.13. The third-order valence-electron chi connectivity index (χ3n) is 3.20. The molecule has 0 fully saturated rings. The van der Waals surface area contributed by atoms with Gasteiger partial charge in [-0.2, -0.15) is 0 Å². The summed E-state index contributed by atoms with van der Waals surface area (Å²) in [6.07, 6.45) is 0. The topological polar surface area (TPSA) is 49.7 Å². The Morgan fingerprint density at radius 1 is 0.800 bits per heavy atom. The smallest absolute Gasteiger partial charge is 0.165 e. The van der Waals surface area contributed by atoms with E-state index in [0.717, 1.165) is 10.9 Å².